The Morgan fingerprint density at radius 2 is 2.29 bits per heavy atom. The molecule has 92 valence electrons. The third kappa shape index (κ3) is 2.29. The number of aromatic amines is 1. The highest BCUT2D eigenvalue weighted by atomic mass is 16.1. The highest BCUT2D eigenvalue weighted by Gasteiger charge is 2.33. The average molecular weight is 232 g/mol. The summed E-state index contributed by atoms with van der Waals surface area (Å²) >= 11 is 0. The second-order valence-electron chi connectivity index (χ2n) is 5.58. The van der Waals surface area contributed by atoms with Crippen LogP contribution in [0.4, 0.5) is 0 Å². The maximum Gasteiger partial charge on any atom is 0.248 e. The lowest BCUT2D eigenvalue weighted by Crippen LogP contribution is -2.29. The van der Waals surface area contributed by atoms with Gasteiger partial charge in [0.1, 0.15) is 0 Å². The van der Waals surface area contributed by atoms with E-state index in [0.717, 1.165) is 30.5 Å². The first-order valence-corrected chi connectivity index (χ1v) is 6.69. The Morgan fingerprint density at radius 3 is 3.06 bits per heavy atom. The summed E-state index contributed by atoms with van der Waals surface area (Å²) < 4.78 is 0. The van der Waals surface area contributed by atoms with Gasteiger partial charge in [-0.3, -0.25) is 4.79 Å². The Morgan fingerprint density at radius 1 is 1.47 bits per heavy atom. The maximum atomic E-state index is 11.3. The summed E-state index contributed by atoms with van der Waals surface area (Å²) in [5.74, 6) is 1.78. The van der Waals surface area contributed by atoms with Crippen molar-refractivity contribution in [2.45, 2.75) is 38.6 Å². The standard InChI is InChI=1S/C14H20N2O/c1-9-7-10(9)8-15-12-3-2-4-13-11(12)5-6-14(17)16-13/h5-6,9-10,12,15H,2-4,7-8H2,1H3,(H,16,17). The number of hydrogen-bond donors (Lipinski definition) is 2. The molecule has 1 aromatic rings. The zero-order valence-electron chi connectivity index (χ0n) is 10.3. The third-order valence-corrected chi connectivity index (χ3v) is 4.23. The number of fused-ring (bicyclic) bond motifs is 1. The van der Waals surface area contributed by atoms with Gasteiger partial charge in [0.2, 0.25) is 5.56 Å². The van der Waals surface area contributed by atoms with E-state index in [0.29, 0.717) is 6.04 Å². The molecule has 2 aliphatic carbocycles. The average Bonchev–Trinajstić information content (AvgIpc) is 3.02. The van der Waals surface area contributed by atoms with Crippen LogP contribution in [0.15, 0.2) is 16.9 Å². The summed E-state index contributed by atoms with van der Waals surface area (Å²) in [6.45, 7) is 3.45. The molecule has 1 saturated carbocycles. The van der Waals surface area contributed by atoms with Gasteiger partial charge in [0.15, 0.2) is 0 Å². The Balaban J connectivity index is 1.72. The molecule has 2 N–H and O–H groups in total. The van der Waals surface area contributed by atoms with Crippen molar-refractivity contribution in [2.24, 2.45) is 11.8 Å². The predicted octanol–water partition coefficient (Wildman–Crippen LogP) is 2.00. The van der Waals surface area contributed by atoms with E-state index in [1.165, 1.54) is 24.8 Å². The second kappa shape index (κ2) is 4.30. The minimum Gasteiger partial charge on any atom is -0.326 e. The molecule has 3 unspecified atom stereocenters. The molecule has 0 amide bonds. The fourth-order valence-corrected chi connectivity index (χ4v) is 2.89. The van der Waals surface area contributed by atoms with Crippen LogP contribution in [-0.2, 0) is 6.42 Å². The summed E-state index contributed by atoms with van der Waals surface area (Å²) in [5, 5.41) is 3.67. The van der Waals surface area contributed by atoms with Gasteiger partial charge in [-0.25, -0.2) is 0 Å². The molecule has 1 heterocycles. The van der Waals surface area contributed by atoms with Gasteiger partial charge in [0, 0.05) is 17.8 Å². The minimum absolute atomic E-state index is 0.0280. The number of H-pyrrole nitrogens is 1. The van der Waals surface area contributed by atoms with Crippen LogP contribution in [0.5, 0.6) is 0 Å². The molecule has 0 saturated heterocycles. The van der Waals surface area contributed by atoms with E-state index >= 15 is 0 Å². The van der Waals surface area contributed by atoms with Crippen molar-refractivity contribution in [1.29, 1.82) is 0 Å². The highest BCUT2D eigenvalue weighted by molar-refractivity contribution is 5.26. The monoisotopic (exact) mass is 232 g/mol. The molecule has 3 rings (SSSR count). The van der Waals surface area contributed by atoms with Crippen molar-refractivity contribution in [3.63, 3.8) is 0 Å². The van der Waals surface area contributed by atoms with Crippen LogP contribution in [-0.4, -0.2) is 11.5 Å². The molecular formula is C14H20N2O. The second-order valence-corrected chi connectivity index (χ2v) is 5.58. The van der Waals surface area contributed by atoms with Gasteiger partial charge in [-0.05, 0) is 49.6 Å². The van der Waals surface area contributed by atoms with E-state index in [1.54, 1.807) is 6.07 Å². The van der Waals surface area contributed by atoms with E-state index in [9.17, 15) is 4.79 Å². The first kappa shape index (κ1) is 11.0. The predicted molar refractivity (Wildman–Crippen MR) is 68.0 cm³/mol. The van der Waals surface area contributed by atoms with Gasteiger partial charge < -0.3 is 10.3 Å². The van der Waals surface area contributed by atoms with Crippen LogP contribution in [0.3, 0.4) is 0 Å². The van der Waals surface area contributed by atoms with Gasteiger partial charge in [-0.2, -0.15) is 0 Å². The summed E-state index contributed by atoms with van der Waals surface area (Å²) in [7, 11) is 0. The van der Waals surface area contributed by atoms with Crippen molar-refractivity contribution in [2.75, 3.05) is 6.54 Å². The Labute approximate surface area is 102 Å². The Kier molecular flexibility index (Phi) is 2.79. The molecule has 0 aliphatic heterocycles. The van der Waals surface area contributed by atoms with Crippen LogP contribution in [0.2, 0.25) is 0 Å². The summed E-state index contributed by atoms with van der Waals surface area (Å²) in [5.41, 5.74) is 2.48. The summed E-state index contributed by atoms with van der Waals surface area (Å²) in [4.78, 5) is 14.3. The van der Waals surface area contributed by atoms with Crippen LogP contribution < -0.4 is 10.9 Å². The van der Waals surface area contributed by atoms with Gasteiger partial charge in [0.25, 0.3) is 0 Å². The molecule has 0 aromatic carbocycles. The van der Waals surface area contributed by atoms with Gasteiger partial charge in [0.05, 0.1) is 0 Å². The lowest BCUT2D eigenvalue weighted by Gasteiger charge is -2.26. The Bertz CT molecular complexity index is 466. The van der Waals surface area contributed by atoms with E-state index in [1.807, 2.05) is 6.07 Å². The largest absolute Gasteiger partial charge is 0.326 e. The molecule has 3 atom stereocenters. The van der Waals surface area contributed by atoms with Gasteiger partial charge >= 0.3 is 0 Å². The van der Waals surface area contributed by atoms with Crippen molar-refractivity contribution >= 4 is 0 Å². The first-order valence-electron chi connectivity index (χ1n) is 6.69. The number of aryl methyl sites for hydroxylation is 1. The third-order valence-electron chi connectivity index (χ3n) is 4.23. The topological polar surface area (TPSA) is 44.9 Å². The molecule has 3 heteroatoms. The highest BCUT2D eigenvalue weighted by Crippen LogP contribution is 2.38. The smallest absolute Gasteiger partial charge is 0.248 e. The van der Waals surface area contributed by atoms with Crippen molar-refractivity contribution in [3.8, 4) is 0 Å². The van der Waals surface area contributed by atoms with Crippen molar-refractivity contribution < 1.29 is 0 Å². The molecule has 0 radical (unpaired) electrons. The van der Waals surface area contributed by atoms with Gasteiger partial charge in [-0.1, -0.05) is 13.0 Å². The van der Waals surface area contributed by atoms with Crippen LogP contribution in [0.1, 0.15) is 43.5 Å². The maximum absolute atomic E-state index is 11.3. The van der Waals surface area contributed by atoms with Gasteiger partial charge in [-0.15, -0.1) is 0 Å². The van der Waals surface area contributed by atoms with Crippen LogP contribution >= 0.6 is 0 Å². The minimum atomic E-state index is 0.0280. The number of rotatable bonds is 3. The van der Waals surface area contributed by atoms with Crippen molar-refractivity contribution in [1.82, 2.24) is 10.3 Å². The molecule has 2 aliphatic rings. The summed E-state index contributed by atoms with van der Waals surface area (Å²) in [6.07, 6.45) is 4.76. The van der Waals surface area contributed by atoms with Crippen LogP contribution in [0.25, 0.3) is 0 Å². The Hall–Kier alpha value is -1.09. The zero-order valence-corrected chi connectivity index (χ0v) is 10.3. The molecule has 1 fully saturated rings. The zero-order chi connectivity index (χ0) is 11.8. The van der Waals surface area contributed by atoms with E-state index in [-0.39, 0.29) is 5.56 Å². The number of hydrogen-bond acceptors (Lipinski definition) is 2. The SMILES string of the molecule is CC1CC1CNC1CCCc2[nH]c(=O)ccc21. The fraction of sp³-hybridized carbons (Fsp3) is 0.643. The number of aromatic nitrogens is 1. The molecular weight excluding hydrogens is 212 g/mol. The summed E-state index contributed by atoms with van der Waals surface area (Å²) in [6, 6.07) is 4.10. The normalized spacial score (nSPS) is 31.0. The quantitative estimate of drug-likeness (QED) is 0.837. The molecule has 1 aromatic heterocycles. The van der Waals surface area contributed by atoms with E-state index in [2.05, 4.69) is 17.2 Å². The lowest BCUT2D eigenvalue weighted by molar-refractivity contribution is 0.440. The van der Waals surface area contributed by atoms with E-state index in [4.69, 9.17) is 0 Å². The van der Waals surface area contributed by atoms with Crippen molar-refractivity contribution in [3.05, 3.63) is 33.7 Å². The number of nitrogens with one attached hydrogen (secondary N) is 2. The van der Waals surface area contributed by atoms with E-state index < -0.39 is 0 Å². The fourth-order valence-electron chi connectivity index (χ4n) is 2.89. The lowest BCUT2D eigenvalue weighted by atomic mass is 9.91. The molecule has 17 heavy (non-hydrogen) atoms. The molecule has 0 spiro atoms. The first-order chi connectivity index (χ1) is 8.24. The molecule has 3 nitrogen and oxygen atoms in total. The molecule has 0 bridgehead atoms. The van der Waals surface area contributed by atoms with Crippen LogP contribution in [0, 0.1) is 11.8 Å². The number of pyridine rings is 1.